The molecule has 4 atom stereocenters. The predicted octanol–water partition coefficient (Wildman–Crippen LogP) is 2.89. The van der Waals surface area contributed by atoms with Gasteiger partial charge in [0.25, 0.3) is 11.4 Å². The highest BCUT2D eigenvalue weighted by Crippen LogP contribution is 2.16. The summed E-state index contributed by atoms with van der Waals surface area (Å²) in [6, 6.07) is 19.8. The first kappa shape index (κ1) is 49.5. The third-order valence-corrected chi connectivity index (χ3v) is 8.93. The van der Waals surface area contributed by atoms with E-state index in [9.17, 15) is 59.2 Å². The molecule has 334 valence electrons. The van der Waals surface area contributed by atoms with Crippen molar-refractivity contribution in [1.82, 2.24) is 21.3 Å². The number of amides is 4. The van der Waals surface area contributed by atoms with E-state index in [2.05, 4.69) is 21.3 Å². The molecule has 20 nitrogen and oxygen atoms in total. The summed E-state index contributed by atoms with van der Waals surface area (Å²) in [4.78, 5) is 94.5. The Balaban J connectivity index is 0.000000335. The molecule has 0 heterocycles. The molecular weight excluding hydrogens is 825 g/mol. The Labute approximate surface area is 361 Å². The first-order valence-corrected chi connectivity index (χ1v) is 19.3. The van der Waals surface area contributed by atoms with Gasteiger partial charge in [-0.2, -0.15) is 0 Å². The molecule has 4 rings (SSSR count). The van der Waals surface area contributed by atoms with Crippen molar-refractivity contribution in [3.05, 3.63) is 140 Å². The molecule has 0 aliphatic rings. The van der Waals surface area contributed by atoms with Crippen molar-refractivity contribution in [2.75, 3.05) is 13.7 Å². The fraction of sp³-hybridized carbons (Fsp3) is 0.302. The topological polar surface area (TPSA) is 296 Å². The van der Waals surface area contributed by atoms with Crippen molar-refractivity contribution in [3.63, 3.8) is 0 Å². The number of nitro benzene ring substituents is 2. The number of nitrogens with zero attached hydrogens (tertiary/aromatic N) is 2. The lowest BCUT2D eigenvalue weighted by Gasteiger charge is -2.20. The van der Waals surface area contributed by atoms with Gasteiger partial charge < -0.3 is 41.0 Å². The molecule has 4 aromatic carbocycles. The van der Waals surface area contributed by atoms with Crippen LogP contribution >= 0.6 is 0 Å². The number of carbonyl (C=O) groups excluding carboxylic acids is 6. The Morgan fingerprint density at radius 1 is 0.587 bits per heavy atom. The number of phenols is 2. The minimum Gasteiger partial charge on any atom is -0.508 e. The Kier molecular flexibility index (Phi) is 19.1. The van der Waals surface area contributed by atoms with Gasteiger partial charge in [0.1, 0.15) is 35.7 Å². The highest BCUT2D eigenvalue weighted by atomic mass is 16.6. The second kappa shape index (κ2) is 24.4. The SMILES string of the molecule is CCOC(=O)[C@H](Cc1ccc(O)cc1)NC(=O)[C@H](C)NC(=O)Cc1cccc([N+](=O)[O-])c1.COC(=O)C(Cc1cccc(O)c1)NC(=O)[C@H](C)NC(=O)Cc1cccc([N+](=O)[O-])c1. The molecule has 63 heavy (non-hydrogen) atoms. The van der Waals surface area contributed by atoms with E-state index in [1.807, 2.05) is 0 Å². The molecule has 0 saturated carbocycles. The summed E-state index contributed by atoms with van der Waals surface area (Å²) in [5.41, 5.74) is 1.90. The quantitative estimate of drug-likeness (QED) is 0.0449. The van der Waals surface area contributed by atoms with Gasteiger partial charge in [-0.3, -0.25) is 39.4 Å². The van der Waals surface area contributed by atoms with E-state index < -0.39 is 69.6 Å². The van der Waals surface area contributed by atoms with Gasteiger partial charge in [0.2, 0.25) is 23.6 Å². The maximum Gasteiger partial charge on any atom is 0.328 e. The van der Waals surface area contributed by atoms with Crippen molar-refractivity contribution in [1.29, 1.82) is 0 Å². The van der Waals surface area contributed by atoms with Gasteiger partial charge >= 0.3 is 11.9 Å². The van der Waals surface area contributed by atoms with Crippen LogP contribution in [-0.4, -0.2) is 93.5 Å². The molecule has 0 aliphatic heterocycles. The van der Waals surface area contributed by atoms with Crippen LogP contribution in [0.3, 0.4) is 0 Å². The van der Waals surface area contributed by atoms with E-state index in [1.54, 1.807) is 43.3 Å². The Bertz CT molecular complexity index is 2270. The van der Waals surface area contributed by atoms with Gasteiger partial charge in [-0.25, -0.2) is 9.59 Å². The lowest BCUT2D eigenvalue weighted by Crippen LogP contribution is -2.51. The van der Waals surface area contributed by atoms with Crippen LogP contribution in [0, 0.1) is 20.2 Å². The normalized spacial score (nSPS) is 12.3. The van der Waals surface area contributed by atoms with Crippen LogP contribution < -0.4 is 21.3 Å². The summed E-state index contributed by atoms with van der Waals surface area (Å²) in [6.45, 7) is 4.69. The highest BCUT2D eigenvalue weighted by molar-refractivity contribution is 5.92. The zero-order valence-electron chi connectivity index (χ0n) is 34.8. The number of ether oxygens (including phenoxy) is 2. The molecule has 0 aliphatic carbocycles. The zero-order chi connectivity index (χ0) is 46.6. The van der Waals surface area contributed by atoms with Crippen LogP contribution in [0.1, 0.15) is 43.0 Å². The number of phenolic OH excluding ortho intramolecular Hbond substituents is 2. The lowest BCUT2D eigenvalue weighted by molar-refractivity contribution is -0.385. The molecule has 4 amide bonds. The largest absolute Gasteiger partial charge is 0.508 e. The van der Waals surface area contributed by atoms with Gasteiger partial charge in [0.15, 0.2) is 0 Å². The number of hydrogen-bond acceptors (Lipinski definition) is 14. The predicted molar refractivity (Wildman–Crippen MR) is 225 cm³/mol. The number of nitrogens with one attached hydrogen (secondary N) is 4. The fourth-order valence-corrected chi connectivity index (χ4v) is 5.80. The van der Waals surface area contributed by atoms with Gasteiger partial charge in [0, 0.05) is 37.1 Å². The molecule has 0 aromatic heterocycles. The summed E-state index contributed by atoms with van der Waals surface area (Å²) in [5.74, 6) is -3.40. The van der Waals surface area contributed by atoms with E-state index in [1.165, 1.54) is 81.6 Å². The van der Waals surface area contributed by atoms with Crippen molar-refractivity contribution in [3.8, 4) is 11.5 Å². The number of aromatic hydroxyl groups is 2. The molecule has 1 unspecified atom stereocenters. The Morgan fingerprint density at radius 2 is 1.03 bits per heavy atom. The number of methoxy groups -OCH3 is 1. The lowest BCUT2D eigenvalue weighted by atomic mass is 10.1. The number of esters is 2. The second-order valence-corrected chi connectivity index (χ2v) is 13.9. The molecule has 0 fully saturated rings. The number of carbonyl (C=O) groups is 6. The van der Waals surface area contributed by atoms with Crippen molar-refractivity contribution < 1.29 is 58.3 Å². The minimum absolute atomic E-state index is 0.0224. The molecule has 20 heteroatoms. The monoisotopic (exact) mass is 872 g/mol. The number of rotatable bonds is 19. The van der Waals surface area contributed by atoms with Crippen LogP contribution in [0.25, 0.3) is 0 Å². The van der Waals surface area contributed by atoms with Crippen LogP contribution in [-0.2, 0) is 63.9 Å². The number of benzene rings is 4. The highest BCUT2D eigenvalue weighted by Gasteiger charge is 2.27. The van der Waals surface area contributed by atoms with E-state index in [0.717, 1.165) is 0 Å². The summed E-state index contributed by atoms with van der Waals surface area (Å²) in [7, 11) is 1.19. The van der Waals surface area contributed by atoms with Crippen molar-refractivity contribution >= 4 is 46.9 Å². The maximum atomic E-state index is 12.6. The third kappa shape index (κ3) is 16.9. The fourth-order valence-electron chi connectivity index (χ4n) is 5.80. The van der Waals surface area contributed by atoms with Gasteiger partial charge in [-0.15, -0.1) is 0 Å². The van der Waals surface area contributed by atoms with E-state index in [0.29, 0.717) is 22.3 Å². The second-order valence-electron chi connectivity index (χ2n) is 13.9. The van der Waals surface area contributed by atoms with Gasteiger partial charge in [-0.05, 0) is 67.3 Å². The first-order valence-electron chi connectivity index (χ1n) is 19.3. The minimum atomic E-state index is -1.02. The van der Waals surface area contributed by atoms with Crippen LogP contribution in [0.5, 0.6) is 11.5 Å². The maximum absolute atomic E-state index is 12.6. The zero-order valence-corrected chi connectivity index (χ0v) is 34.8. The van der Waals surface area contributed by atoms with Gasteiger partial charge in [0.05, 0.1) is 36.4 Å². The molecule has 0 saturated heterocycles. The molecule has 4 aromatic rings. The third-order valence-electron chi connectivity index (χ3n) is 8.93. The number of non-ortho nitro benzene ring substituents is 2. The smallest absolute Gasteiger partial charge is 0.328 e. The van der Waals surface area contributed by atoms with Crippen LogP contribution in [0.4, 0.5) is 11.4 Å². The summed E-state index contributed by atoms with van der Waals surface area (Å²) < 4.78 is 9.75. The average molecular weight is 873 g/mol. The van der Waals surface area contributed by atoms with Crippen LogP contribution in [0.15, 0.2) is 97.1 Å². The molecule has 0 radical (unpaired) electrons. The van der Waals surface area contributed by atoms with Crippen molar-refractivity contribution in [2.45, 2.75) is 70.6 Å². The first-order chi connectivity index (χ1) is 29.9. The van der Waals surface area contributed by atoms with E-state index in [4.69, 9.17) is 9.47 Å². The molecule has 0 bridgehead atoms. The average Bonchev–Trinajstić information content (AvgIpc) is 3.23. The summed E-state index contributed by atoms with van der Waals surface area (Å²) in [6.07, 6.45) is -0.0719. The Morgan fingerprint density at radius 3 is 1.48 bits per heavy atom. The van der Waals surface area contributed by atoms with E-state index >= 15 is 0 Å². The van der Waals surface area contributed by atoms with Crippen LogP contribution in [0.2, 0.25) is 0 Å². The van der Waals surface area contributed by atoms with Gasteiger partial charge in [-0.1, -0.05) is 48.5 Å². The molecule has 0 spiro atoms. The summed E-state index contributed by atoms with van der Waals surface area (Å²) >= 11 is 0. The standard InChI is InChI=1S/C22H25N3O7.C21H23N3O7/c1-3-32-22(29)19(12-15-7-9-18(26)10-8-15)24-21(28)14(2)23-20(27)13-16-5-4-6-17(11-16)25(30)31;1-13(22-19(26)12-14-5-3-7-16(9-14)24(29)30)20(27)23-18(21(28)31-2)11-15-6-4-8-17(25)10-15/h4-11,14,19,26H,3,12-13H2,1-2H3,(H,23,27)(H,24,28);3-10,13,18,25H,11-12H2,1-2H3,(H,22,26)(H,23,27)/t14-,19-;13-,18?/m00/s1. The molecular formula is C43H48N6O14. The Hall–Kier alpha value is -7.90. The number of hydrogen-bond donors (Lipinski definition) is 6. The van der Waals surface area contributed by atoms with E-state index in [-0.39, 0.29) is 55.2 Å². The number of nitro groups is 2. The van der Waals surface area contributed by atoms with Crippen molar-refractivity contribution in [2.24, 2.45) is 0 Å². The molecule has 6 N–H and O–H groups in total. The summed E-state index contributed by atoms with van der Waals surface area (Å²) in [5, 5.41) is 50.8.